The molecule has 0 bridgehead atoms. The molecule has 0 spiro atoms. The molecule has 106 valence electrons. The van der Waals surface area contributed by atoms with Gasteiger partial charge in [-0.05, 0) is 26.0 Å². The normalized spacial score (nSPS) is 10.4. The molecule has 20 heavy (non-hydrogen) atoms. The van der Waals surface area contributed by atoms with Crippen LogP contribution in [-0.2, 0) is 6.54 Å². The summed E-state index contributed by atoms with van der Waals surface area (Å²) in [5.74, 6) is 4.85. The first kappa shape index (κ1) is 14.0. The van der Waals surface area contributed by atoms with Gasteiger partial charge >= 0.3 is 0 Å². The number of halogens is 1. The van der Waals surface area contributed by atoms with Gasteiger partial charge in [0.1, 0.15) is 11.6 Å². The predicted octanol–water partition coefficient (Wildman–Crippen LogP) is 1.65. The first-order valence-electron chi connectivity index (χ1n) is 5.99. The van der Waals surface area contributed by atoms with Gasteiger partial charge in [0, 0.05) is 12.1 Å². The molecule has 1 aromatic heterocycles. The van der Waals surface area contributed by atoms with Crippen molar-refractivity contribution >= 4 is 11.6 Å². The lowest BCUT2D eigenvalue weighted by Crippen LogP contribution is -2.25. The van der Waals surface area contributed by atoms with Crippen molar-refractivity contribution in [1.82, 2.24) is 10.5 Å². The molecule has 4 N–H and O–H groups in total. The maximum absolute atomic E-state index is 13.5. The highest BCUT2D eigenvalue weighted by molar-refractivity contribution is 5.99. The highest BCUT2D eigenvalue weighted by Crippen LogP contribution is 2.19. The molecule has 0 aliphatic carbocycles. The smallest absolute Gasteiger partial charge is 0.253 e. The van der Waals surface area contributed by atoms with Gasteiger partial charge in [-0.1, -0.05) is 11.2 Å². The highest BCUT2D eigenvalue weighted by atomic mass is 19.1. The molecule has 2 aromatic rings. The summed E-state index contributed by atoms with van der Waals surface area (Å²) in [5.41, 5.74) is 3.80. The fourth-order valence-corrected chi connectivity index (χ4v) is 1.88. The van der Waals surface area contributed by atoms with E-state index >= 15 is 0 Å². The van der Waals surface area contributed by atoms with Crippen molar-refractivity contribution < 1.29 is 13.7 Å². The molecular formula is C13H15FN4O2. The van der Waals surface area contributed by atoms with Gasteiger partial charge in [-0.15, -0.1) is 0 Å². The van der Waals surface area contributed by atoms with Crippen LogP contribution in [0.25, 0.3) is 0 Å². The standard InChI is InChI=1S/C13H15FN4O2/c1-7-10(8(2)20-18-7)6-16-13(19)9-4-3-5-11(14)12(9)17-15/h3-5,17H,6,15H2,1-2H3,(H,16,19). The quantitative estimate of drug-likeness (QED) is 0.584. The van der Waals surface area contributed by atoms with Crippen LogP contribution < -0.4 is 16.6 Å². The number of carbonyl (C=O) groups is 1. The minimum absolute atomic E-state index is 0.0382. The summed E-state index contributed by atoms with van der Waals surface area (Å²) in [6, 6.07) is 4.15. The zero-order chi connectivity index (χ0) is 14.7. The van der Waals surface area contributed by atoms with Gasteiger partial charge in [0.25, 0.3) is 5.91 Å². The lowest BCUT2D eigenvalue weighted by atomic mass is 10.1. The van der Waals surface area contributed by atoms with Crippen LogP contribution in [-0.4, -0.2) is 11.1 Å². The van der Waals surface area contributed by atoms with Crippen LogP contribution in [0.2, 0.25) is 0 Å². The van der Waals surface area contributed by atoms with E-state index in [1.165, 1.54) is 18.2 Å². The van der Waals surface area contributed by atoms with Crippen molar-refractivity contribution in [3.63, 3.8) is 0 Å². The Bertz CT molecular complexity index is 620. The molecule has 0 aliphatic rings. The maximum atomic E-state index is 13.5. The van der Waals surface area contributed by atoms with Gasteiger partial charge in [0.2, 0.25) is 0 Å². The summed E-state index contributed by atoms with van der Waals surface area (Å²) < 4.78 is 18.5. The third-order valence-electron chi connectivity index (χ3n) is 3.01. The molecule has 2 rings (SSSR count). The number of aryl methyl sites for hydroxylation is 2. The Hall–Kier alpha value is -2.41. The van der Waals surface area contributed by atoms with E-state index < -0.39 is 11.7 Å². The van der Waals surface area contributed by atoms with Gasteiger partial charge in [0.15, 0.2) is 0 Å². The predicted molar refractivity (Wildman–Crippen MR) is 71.4 cm³/mol. The number of anilines is 1. The molecule has 0 atom stereocenters. The number of para-hydroxylation sites is 1. The van der Waals surface area contributed by atoms with Crippen molar-refractivity contribution in [3.05, 3.63) is 46.6 Å². The number of nitrogens with zero attached hydrogens (tertiary/aromatic N) is 1. The molecule has 0 aliphatic heterocycles. The van der Waals surface area contributed by atoms with Crippen molar-refractivity contribution in [2.45, 2.75) is 20.4 Å². The Kier molecular flexibility index (Phi) is 3.99. The number of hydrogen-bond acceptors (Lipinski definition) is 5. The van der Waals surface area contributed by atoms with Crippen molar-refractivity contribution in [2.75, 3.05) is 5.43 Å². The molecule has 1 amide bonds. The Morgan fingerprint density at radius 2 is 2.20 bits per heavy atom. The van der Waals surface area contributed by atoms with Crippen molar-refractivity contribution in [1.29, 1.82) is 0 Å². The summed E-state index contributed by atoms with van der Waals surface area (Å²) in [7, 11) is 0. The molecule has 0 fully saturated rings. The molecule has 7 heteroatoms. The summed E-state index contributed by atoms with van der Waals surface area (Å²) in [4.78, 5) is 12.1. The van der Waals surface area contributed by atoms with E-state index in [1.54, 1.807) is 13.8 Å². The third kappa shape index (κ3) is 2.62. The number of hydrogen-bond donors (Lipinski definition) is 3. The zero-order valence-electron chi connectivity index (χ0n) is 11.2. The number of aromatic nitrogens is 1. The maximum Gasteiger partial charge on any atom is 0.253 e. The second kappa shape index (κ2) is 5.70. The summed E-state index contributed by atoms with van der Waals surface area (Å²) in [5, 5.41) is 6.48. The van der Waals surface area contributed by atoms with E-state index in [0.29, 0.717) is 11.5 Å². The van der Waals surface area contributed by atoms with Crippen LogP contribution in [0.3, 0.4) is 0 Å². The Morgan fingerprint density at radius 3 is 2.80 bits per heavy atom. The Labute approximate surface area is 115 Å². The molecule has 0 saturated heterocycles. The fraction of sp³-hybridized carbons (Fsp3) is 0.231. The van der Waals surface area contributed by atoms with E-state index in [2.05, 4.69) is 15.9 Å². The molecule has 0 saturated carbocycles. The average Bonchev–Trinajstić information content (AvgIpc) is 2.75. The number of benzene rings is 1. The van der Waals surface area contributed by atoms with Crippen LogP contribution in [0.15, 0.2) is 22.7 Å². The topological polar surface area (TPSA) is 93.2 Å². The van der Waals surface area contributed by atoms with Gasteiger partial charge in [-0.3, -0.25) is 10.6 Å². The van der Waals surface area contributed by atoms with Crippen LogP contribution >= 0.6 is 0 Å². The van der Waals surface area contributed by atoms with E-state index in [1.807, 2.05) is 0 Å². The second-order valence-electron chi connectivity index (χ2n) is 4.29. The SMILES string of the molecule is Cc1noc(C)c1CNC(=O)c1cccc(F)c1NN. The van der Waals surface area contributed by atoms with E-state index in [-0.39, 0.29) is 17.8 Å². The van der Waals surface area contributed by atoms with Crippen LogP contribution in [0, 0.1) is 19.7 Å². The Balaban J connectivity index is 2.15. The lowest BCUT2D eigenvalue weighted by molar-refractivity contribution is 0.0951. The van der Waals surface area contributed by atoms with E-state index in [9.17, 15) is 9.18 Å². The minimum atomic E-state index is -0.586. The van der Waals surface area contributed by atoms with E-state index in [4.69, 9.17) is 10.4 Å². The third-order valence-corrected chi connectivity index (χ3v) is 3.01. The number of nitrogen functional groups attached to an aromatic ring is 1. The van der Waals surface area contributed by atoms with Crippen LogP contribution in [0.5, 0.6) is 0 Å². The summed E-state index contributed by atoms with van der Waals surface area (Å²) in [6.07, 6.45) is 0. The number of nitrogens with one attached hydrogen (secondary N) is 2. The number of carbonyl (C=O) groups excluding carboxylic acids is 1. The van der Waals surface area contributed by atoms with Gasteiger partial charge in [0.05, 0.1) is 16.9 Å². The minimum Gasteiger partial charge on any atom is -0.361 e. The molecular weight excluding hydrogens is 263 g/mol. The van der Waals surface area contributed by atoms with Crippen molar-refractivity contribution in [3.8, 4) is 0 Å². The van der Waals surface area contributed by atoms with E-state index in [0.717, 1.165) is 5.56 Å². The van der Waals surface area contributed by atoms with Gasteiger partial charge < -0.3 is 15.3 Å². The molecule has 0 unspecified atom stereocenters. The molecule has 1 heterocycles. The average molecular weight is 278 g/mol. The first-order valence-corrected chi connectivity index (χ1v) is 5.99. The highest BCUT2D eigenvalue weighted by Gasteiger charge is 2.16. The summed E-state index contributed by atoms with van der Waals surface area (Å²) in [6.45, 7) is 3.80. The summed E-state index contributed by atoms with van der Waals surface area (Å²) >= 11 is 0. The zero-order valence-corrected chi connectivity index (χ0v) is 11.2. The molecule has 1 aromatic carbocycles. The number of rotatable bonds is 4. The first-order chi connectivity index (χ1) is 9.54. The molecule has 6 nitrogen and oxygen atoms in total. The van der Waals surface area contributed by atoms with Gasteiger partial charge in [-0.2, -0.15) is 0 Å². The monoisotopic (exact) mass is 278 g/mol. The Morgan fingerprint density at radius 1 is 1.45 bits per heavy atom. The fourth-order valence-electron chi connectivity index (χ4n) is 1.88. The molecule has 0 radical (unpaired) electrons. The van der Waals surface area contributed by atoms with Crippen LogP contribution in [0.1, 0.15) is 27.4 Å². The van der Waals surface area contributed by atoms with Crippen LogP contribution in [0.4, 0.5) is 10.1 Å². The van der Waals surface area contributed by atoms with Gasteiger partial charge in [-0.25, -0.2) is 4.39 Å². The lowest BCUT2D eigenvalue weighted by Gasteiger charge is -2.10. The number of nitrogens with two attached hydrogens (primary N) is 1. The number of amides is 1. The van der Waals surface area contributed by atoms with Crippen molar-refractivity contribution in [2.24, 2.45) is 5.84 Å². The second-order valence-corrected chi connectivity index (χ2v) is 4.29. The largest absolute Gasteiger partial charge is 0.361 e. The number of hydrazine groups is 1.